The van der Waals surface area contributed by atoms with Gasteiger partial charge in [0.1, 0.15) is 22.8 Å². The summed E-state index contributed by atoms with van der Waals surface area (Å²) in [6.45, 7) is 1.68. The van der Waals surface area contributed by atoms with Gasteiger partial charge in [-0.25, -0.2) is 13.1 Å². The Balaban J connectivity index is 2.35. The van der Waals surface area contributed by atoms with Crippen LogP contribution in [0.5, 0.6) is 5.75 Å². The molecule has 8 nitrogen and oxygen atoms in total. The lowest BCUT2D eigenvalue weighted by Gasteiger charge is -2.15. The number of rotatable bonds is 5. The molecule has 0 saturated carbocycles. The summed E-state index contributed by atoms with van der Waals surface area (Å²) in [7, 11) is -0.667. The first-order chi connectivity index (χ1) is 9.85. The fourth-order valence-electron chi connectivity index (χ4n) is 1.94. The molecule has 1 heterocycles. The number of nitrogens with two attached hydrogens (primary N) is 1. The average Bonchev–Trinajstić information content (AvgIpc) is 2.84. The third-order valence-electron chi connectivity index (χ3n) is 2.94. The van der Waals surface area contributed by atoms with Crippen LogP contribution < -0.4 is 15.2 Å². The molecule has 1 aromatic heterocycles. The Kier molecular flexibility index (Phi) is 4.14. The molecule has 2 aromatic rings. The summed E-state index contributed by atoms with van der Waals surface area (Å²) in [6.07, 6.45) is 1.50. The predicted molar refractivity (Wildman–Crippen MR) is 77.1 cm³/mol. The van der Waals surface area contributed by atoms with Gasteiger partial charge < -0.3 is 15.0 Å². The number of anilines is 1. The summed E-state index contributed by atoms with van der Waals surface area (Å²) in [4.78, 5) is -0.0148. The van der Waals surface area contributed by atoms with E-state index in [1.54, 1.807) is 24.6 Å². The van der Waals surface area contributed by atoms with E-state index in [0.717, 1.165) is 0 Å². The SMILES string of the molecule is COc1ccc(N)cc1S(=O)(=O)NC(C)c1nncn1C. The number of aromatic nitrogens is 3. The molecule has 3 N–H and O–H groups in total. The van der Waals surface area contributed by atoms with Gasteiger partial charge in [-0.05, 0) is 25.1 Å². The summed E-state index contributed by atoms with van der Waals surface area (Å²) in [5, 5.41) is 7.61. The van der Waals surface area contributed by atoms with Crippen molar-refractivity contribution in [2.75, 3.05) is 12.8 Å². The molecule has 1 aromatic carbocycles. The van der Waals surface area contributed by atoms with Gasteiger partial charge in [-0.2, -0.15) is 0 Å². The van der Waals surface area contributed by atoms with Crippen molar-refractivity contribution in [2.24, 2.45) is 7.05 Å². The van der Waals surface area contributed by atoms with Gasteiger partial charge in [0.25, 0.3) is 0 Å². The molecule has 0 amide bonds. The lowest BCUT2D eigenvalue weighted by molar-refractivity contribution is 0.402. The minimum atomic E-state index is -3.80. The average molecular weight is 311 g/mol. The highest BCUT2D eigenvalue weighted by Crippen LogP contribution is 2.27. The zero-order valence-electron chi connectivity index (χ0n) is 11.9. The summed E-state index contributed by atoms with van der Waals surface area (Å²) >= 11 is 0. The zero-order chi connectivity index (χ0) is 15.6. The fourth-order valence-corrected chi connectivity index (χ4v) is 3.34. The molecule has 0 fully saturated rings. The van der Waals surface area contributed by atoms with E-state index < -0.39 is 16.1 Å². The summed E-state index contributed by atoms with van der Waals surface area (Å²) in [5.41, 5.74) is 5.99. The van der Waals surface area contributed by atoms with Crippen molar-refractivity contribution in [1.29, 1.82) is 0 Å². The van der Waals surface area contributed by atoms with Gasteiger partial charge >= 0.3 is 0 Å². The third-order valence-corrected chi connectivity index (χ3v) is 4.50. The Hall–Kier alpha value is -2.13. The van der Waals surface area contributed by atoms with Crippen LogP contribution in [0.4, 0.5) is 5.69 Å². The van der Waals surface area contributed by atoms with Crippen LogP contribution >= 0.6 is 0 Å². The molecule has 0 bridgehead atoms. The number of nitrogen functional groups attached to an aromatic ring is 1. The molecule has 0 aliphatic heterocycles. The molecule has 0 spiro atoms. The maximum Gasteiger partial charge on any atom is 0.244 e. The normalized spacial score (nSPS) is 13.1. The van der Waals surface area contributed by atoms with Crippen molar-refractivity contribution >= 4 is 15.7 Å². The molecule has 0 radical (unpaired) electrons. The quantitative estimate of drug-likeness (QED) is 0.775. The number of hydrogen-bond donors (Lipinski definition) is 2. The van der Waals surface area contributed by atoms with Gasteiger partial charge in [0, 0.05) is 12.7 Å². The van der Waals surface area contributed by atoms with Crippen LogP contribution in [0.2, 0.25) is 0 Å². The second kappa shape index (κ2) is 5.70. The molecule has 2 rings (SSSR count). The summed E-state index contributed by atoms with van der Waals surface area (Å²) in [6, 6.07) is 3.89. The third kappa shape index (κ3) is 3.14. The minimum Gasteiger partial charge on any atom is -0.495 e. The topological polar surface area (TPSA) is 112 Å². The van der Waals surface area contributed by atoms with E-state index >= 15 is 0 Å². The standard InChI is InChI=1S/C12H17N5O3S/c1-8(12-15-14-7-17(12)2)16-21(18,19)11-6-9(13)4-5-10(11)20-3/h4-8,16H,13H2,1-3H3. The lowest BCUT2D eigenvalue weighted by Crippen LogP contribution is -2.29. The van der Waals surface area contributed by atoms with E-state index in [4.69, 9.17) is 10.5 Å². The van der Waals surface area contributed by atoms with Gasteiger partial charge in [-0.3, -0.25) is 0 Å². The number of nitrogens with one attached hydrogen (secondary N) is 1. The van der Waals surface area contributed by atoms with E-state index in [0.29, 0.717) is 11.5 Å². The highest BCUT2D eigenvalue weighted by atomic mass is 32.2. The number of benzene rings is 1. The highest BCUT2D eigenvalue weighted by molar-refractivity contribution is 7.89. The first-order valence-electron chi connectivity index (χ1n) is 6.15. The first-order valence-corrected chi connectivity index (χ1v) is 7.63. The summed E-state index contributed by atoms with van der Waals surface area (Å²) in [5.74, 6) is 0.725. The molecule has 9 heteroatoms. The van der Waals surface area contributed by atoms with Crippen molar-refractivity contribution in [1.82, 2.24) is 19.5 Å². The van der Waals surface area contributed by atoms with Gasteiger partial charge in [0.05, 0.1) is 13.2 Å². The van der Waals surface area contributed by atoms with Crippen molar-refractivity contribution in [3.05, 3.63) is 30.4 Å². The molecule has 0 aliphatic carbocycles. The van der Waals surface area contributed by atoms with Crippen LogP contribution in [0, 0.1) is 0 Å². The number of methoxy groups -OCH3 is 1. The molecule has 1 atom stereocenters. The monoisotopic (exact) mass is 311 g/mol. The Morgan fingerprint density at radius 2 is 2.14 bits per heavy atom. The fraction of sp³-hybridized carbons (Fsp3) is 0.333. The molecule has 114 valence electrons. The van der Waals surface area contributed by atoms with Gasteiger partial charge in [-0.15, -0.1) is 10.2 Å². The van der Waals surface area contributed by atoms with Crippen LogP contribution in [0.1, 0.15) is 18.8 Å². The minimum absolute atomic E-state index is 0.0148. The predicted octanol–water partition coefficient (Wildman–Crippen LogP) is 0.445. The maximum absolute atomic E-state index is 12.5. The number of sulfonamides is 1. The lowest BCUT2D eigenvalue weighted by atomic mass is 10.3. The van der Waals surface area contributed by atoms with Crippen LogP contribution in [0.15, 0.2) is 29.4 Å². The number of ether oxygens (including phenoxy) is 1. The smallest absolute Gasteiger partial charge is 0.244 e. The van der Waals surface area contributed by atoms with Crippen molar-refractivity contribution in [3.8, 4) is 5.75 Å². The van der Waals surface area contributed by atoms with Crippen molar-refractivity contribution in [3.63, 3.8) is 0 Å². The largest absolute Gasteiger partial charge is 0.495 e. The van der Waals surface area contributed by atoms with Crippen LogP contribution in [-0.2, 0) is 17.1 Å². The molecule has 0 saturated heterocycles. The Bertz CT molecular complexity index is 741. The van der Waals surface area contributed by atoms with Crippen LogP contribution in [-0.4, -0.2) is 30.3 Å². The van der Waals surface area contributed by atoms with E-state index in [1.807, 2.05) is 0 Å². The molecule has 1 unspecified atom stereocenters. The van der Waals surface area contributed by atoms with Crippen molar-refractivity contribution in [2.45, 2.75) is 17.9 Å². The summed E-state index contributed by atoms with van der Waals surface area (Å²) < 4.78 is 34.2. The molecular weight excluding hydrogens is 294 g/mol. The van der Waals surface area contributed by atoms with E-state index in [1.165, 1.54) is 25.6 Å². The molecular formula is C12H17N5O3S. The number of aryl methyl sites for hydroxylation is 1. The van der Waals surface area contributed by atoms with E-state index in [-0.39, 0.29) is 10.6 Å². The van der Waals surface area contributed by atoms with Crippen LogP contribution in [0.25, 0.3) is 0 Å². The number of hydrogen-bond acceptors (Lipinski definition) is 6. The van der Waals surface area contributed by atoms with Gasteiger partial charge in [0.15, 0.2) is 0 Å². The second-order valence-corrected chi connectivity index (χ2v) is 6.24. The zero-order valence-corrected chi connectivity index (χ0v) is 12.8. The number of nitrogens with zero attached hydrogens (tertiary/aromatic N) is 3. The maximum atomic E-state index is 12.5. The molecule has 21 heavy (non-hydrogen) atoms. The second-order valence-electron chi connectivity index (χ2n) is 4.55. The van der Waals surface area contributed by atoms with Gasteiger partial charge in [-0.1, -0.05) is 0 Å². The Morgan fingerprint density at radius 1 is 1.43 bits per heavy atom. The van der Waals surface area contributed by atoms with E-state index in [2.05, 4.69) is 14.9 Å². The van der Waals surface area contributed by atoms with Crippen molar-refractivity contribution < 1.29 is 13.2 Å². The van der Waals surface area contributed by atoms with Crippen LogP contribution in [0.3, 0.4) is 0 Å². The Labute approximate surface area is 123 Å². The Morgan fingerprint density at radius 3 is 2.71 bits per heavy atom. The van der Waals surface area contributed by atoms with E-state index in [9.17, 15) is 8.42 Å². The molecule has 0 aliphatic rings. The first kappa shape index (κ1) is 15.3. The van der Waals surface area contributed by atoms with Gasteiger partial charge in [0.2, 0.25) is 10.0 Å². The highest BCUT2D eigenvalue weighted by Gasteiger charge is 2.24.